The Kier molecular flexibility index (Phi) is 6.56. The van der Waals surface area contributed by atoms with Gasteiger partial charge in [0.1, 0.15) is 0 Å². The predicted molar refractivity (Wildman–Crippen MR) is 200 cm³/mol. The lowest BCUT2D eigenvalue weighted by atomic mass is 9.94. The molecule has 9 rings (SSSR count). The Morgan fingerprint density at radius 3 is 1.90 bits per heavy atom. The topological polar surface area (TPSA) is 81.2 Å². The van der Waals surface area contributed by atoms with Gasteiger partial charge in [-0.2, -0.15) is 15.8 Å². The molecule has 0 unspecified atom stereocenters. The van der Waals surface area contributed by atoms with Crippen LogP contribution in [0.1, 0.15) is 16.7 Å². The van der Waals surface area contributed by atoms with E-state index < -0.39 is 0 Å². The largest absolute Gasteiger partial charge is 0.309 e. The number of fused-ring (bicyclic) bond motifs is 6. The van der Waals surface area contributed by atoms with E-state index in [2.05, 4.69) is 88.0 Å². The minimum absolute atomic E-state index is 0.583. The van der Waals surface area contributed by atoms with E-state index in [4.69, 9.17) is 0 Å². The molecule has 0 saturated carbocycles. The van der Waals surface area contributed by atoms with Crippen molar-refractivity contribution in [2.75, 3.05) is 0 Å². The van der Waals surface area contributed by atoms with E-state index in [1.165, 1.54) is 0 Å². The van der Waals surface area contributed by atoms with Crippen LogP contribution in [0.15, 0.2) is 152 Å². The second kappa shape index (κ2) is 11.4. The van der Waals surface area contributed by atoms with Crippen LogP contribution in [0.3, 0.4) is 0 Å². The molecule has 0 N–H and O–H groups in total. The average molecular weight is 636 g/mol. The first kappa shape index (κ1) is 28.8. The van der Waals surface area contributed by atoms with E-state index in [1.807, 2.05) is 91.0 Å². The fourth-order valence-corrected chi connectivity index (χ4v) is 7.47. The van der Waals surface area contributed by atoms with Gasteiger partial charge in [0, 0.05) is 38.4 Å². The molecule has 2 aromatic heterocycles. The Hall–Kier alpha value is -7.39. The summed E-state index contributed by atoms with van der Waals surface area (Å²) in [4.78, 5) is 0. The average Bonchev–Trinajstić information content (AvgIpc) is 3.70. The van der Waals surface area contributed by atoms with Crippen LogP contribution in [0.25, 0.3) is 77.2 Å². The maximum absolute atomic E-state index is 10.3. The molecular formula is C45H25N5. The summed E-state index contributed by atoms with van der Waals surface area (Å²) in [6.07, 6.45) is 0. The van der Waals surface area contributed by atoms with Crippen LogP contribution in [0, 0.1) is 34.0 Å². The van der Waals surface area contributed by atoms with Crippen LogP contribution in [0.4, 0.5) is 0 Å². The van der Waals surface area contributed by atoms with Crippen LogP contribution in [0.2, 0.25) is 0 Å². The van der Waals surface area contributed by atoms with Crippen molar-refractivity contribution in [1.82, 2.24) is 9.13 Å². The number of nitrogens with zero attached hydrogens (tertiary/aromatic N) is 5. The second-order valence-corrected chi connectivity index (χ2v) is 12.3. The van der Waals surface area contributed by atoms with Gasteiger partial charge in [-0.05, 0) is 83.9 Å². The normalized spacial score (nSPS) is 11.1. The Bertz CT molecular complexity index is 2970. The summed E-state index contributed by atoms with van der Waals surface area (Å²) < 4.78 is 4.46. The first-order valence-electron chi connectivity index (χ1n) is 16.3. The third-order valence-corrected chi connectivity index (χ3v) is 9.63. The molecule has 2 heterocycles. The van der Waals surface area contributed by atoms with Crippen molar-refractivity contribution in [3.8, 4) is 51.8 Å². The molecule has 5 heteroatoms. The van der Waals surface area contributed by atoms with Crippen LogP contribution >= 0.6 is 0 Å². The van der Waals surface area contributed by atoms with Crippen LogP contribution in [0.5, 0.6) is 0 Å². The van der Waals surface area contributed by atoms with Gasteiger partial charge < -0.3 is 9.13 Å². The van der Waals surface area contributed by atoms with Crippen molar-refractivity contribution < 1.29 is 0 Å². The lowest BCUT2D eigenvalue weighted by Crippen LogP contribution is -1.98. The van der Waals surface area contributed by atoms with E-state index in [9.17, 15) is 15.8 Å². The van der Waals surface area contributed by atoms with Gasteiger partial charge in [0.05, 0.1) is 62.7 Å². The number of hydrogen-bond donors (Lipinski definition) is 0. The van der Waals surface area contributed by atoms with E-state index in [0.717, 1.165) is 77.2 Å². The smallest absolute Gasteiger partial charge is 0.0998 e. The zero-order chi connectivity index (χ0) is 33.8. The van der Waals surface area contributed by atoms with Crippen LogP contribution in [-0.2, 0) is 0 Å². The molecule has 0 bridgehead atoms. The standard InChI is InChI=1S/C45H25N5/c46-26-29-19-22-43-39(23-29)36-13-2-5-16-41(36)49(43)34-11-7-9-30(24-34)38-25-31(20-21-32(38)27-47)35-12-1-4-15-40(35)50-42-17-6-3-14-37(42)45-33(28-48)10-8-18-44(45)50/h1-25H. The predicted octanol–water partition coefficient (Wildman–Crippen LogP) is 10.8. The Labute approximate surface area is 287 Å². The van der Waals surface area contributed by atoms with Crippen molar-refractivity contribution in [3.63, 3.8) is 0 Å². The molecule has 0 radical (unpaired) electrons. The molecule has 0 atom stereocenters. The maximum Gasteiger partial charge on any atom is 0.0998 e. The van der Waals surface area contributed by atoms with Crippen molar-refractivity contribution in [3.05, 3.63) is 168 Å². The molecule has 9 aromatic rings. The number of benzene rings is 7. The molecular weight excluding hydrogens is 611 g/mol. The highest BCUT2D eigenvalue weighted by Crippen LogP contribution is 2.39. The van der Waals surface area contributed by atoms with Crippen molar-refractivity contribution in [1.29, 1.82) is 15.8 Å². The zero-order valence-corrected chi connectivity index (χ0v) is 26.7. The van der Waals surface area contributed by atoms with Gasteiger partial charge >= 0.3 is 0 Å². The summed E-state index contributed by atoms with van der Waals surface area (Å²) >= 11 is 0. The highest BCUT2D eigenvalue weighted by Gasteiger charge is 2.19. The van der Waals surface area contributed by atoms with Crippen LogP contribution < -0.4 is 0 Å². The zero-order valence-electron chi connectivity index (χ0n) is 26.7. The molecule has 5 nitrogen and oxygen atoms in total. The Morgan fingerprint density at radius 2 is 1.08 bits per heavy atom. The van der Waals surface area contributed by atoms with Gasteiger partial charge in [-0.25, -0.2) is 0 Å². The van der Waals surface area contributed by atoms with Gasteiger partial charge in [-0.1, -0.05) is 78.9 Å². The van der Waals surface area contributed by atoms with Crippen molar-refractivity contribution in [2.24, 2.45) is 0 Å². The SMILES string of the molecule is N#Cc1ccc2c(c1)c1ccccc1n2-c1cccc(-c2cc(-c3ccccc3-n3c4ccccc4c4c(C#N)cccc43)ccc2C#N)c1. The number of nitriles is 3. The molecule has 0 amide bonds. The van der Waals surface area contributed by atoms with Crippen LogP contribution in [-0.4, -0.2) is 9.13 Å². The monoisotopic (exact) mass is 635 g/mol. The number of rotatable bonds is 4. The first-order chi connectivity index (χ1) is 24.7. The first-order valence-corrected chi connectivity index (χ1v) is 16.3. The van der Waals surface area contributed by atoms with Gasteiger partial charge in [0.15, 0.2) is 0 Å². The number of aromatic nitrogens is 2. The Morgan fingerprint density at radius 1 is 0.400 bits per heavy atom. The van der Waals surface area contributed by atoms with E-state index >= 15 is 0 Å². The minimum Gasteiger partial charge on any atom is -0.309 e. The lowest BCUT2D eigenvalue weighted by Gasteiger charge is -2.16. The molecule has 0 aliphatic rings. The summed E-state index contributed by atoms with van der Waals surface area (Å²) in [5.41, 5.74) is 11.6. The maximum atomic E-state index is 10.3. The third-order valence-electron chi connectivity index (χ3n) is 9.63. The molecule has 7 aromatic carbocycles. The summed E-state index contributed by atoms with van der Waals surface area (Å²) in [5.74, 6) is 0. The van der Waals surface area contributed by atoms with Crippen molar-refractivity contribution in [2.45, 2.75) is 0 Å². The summed E-state index contributed by atoms with van der Waals surface area (Å²) in [7, 11) is 0. The second-order valence-electron chi connectivity index (χ2n) is 12.3. The van der Waals surface area contributed by atoms with Gasteiger partial charge in [0.2, 0.25) is 0 Å². The highest BCUT2D eigenvalue weighted by atomic mass is 15.0. The van der Waals surface area contributed by atoms with Crippen molar-refractivity contribution >= 4 is 43.6 Å². The summed E-state index contributed by atoms with van der Waals surface area (Å²) in [5, 5.41) is 34.0. The van der Waals surface area contributed by atoms with Gasteiger partial charge in [-0.15, -0.1) is 0 Å². The molecule has 0 aliphatic carbocycles. The molecule has 0 aliphatic heterocycles. The third kappa shape index (κ3) is 4.31. The number of para-hydroxylation sites is 3. The number of hydrogen-bond acceptors (Lipinski definition) is 3. The fourth-order valence-electron chi connectivity index (χ4n) is 7.47. The molecule has 0 spiro atoms. The summed E-state index contributed by atoms with van der Waals surface area (Å²) in [6.45, 7) is 0. The van der Waals surface area contributed by atoms with Gasteiger partial charge in [-0.3, -0.25) is 0 Å². The van der Waals surface area contributed by atoms with E-state index in [0.29, 0.717) is 16.7 Å². The van der Waals surface area contributed by atoms with E-state index in [1.54, 1.807) is 0 Å². The molecule has 50 heavy (non-hydrogen) atoms. The minimum atomic E-state index is 0.583. The quantitative estimate of drug-likeness (QED) is 0.193. The molecule has 230 valence electrons. The Balaban J connectivity index is 1.24. The highest BCUT2D eigenvalue weighted by molar-refractivity contribution is 6.12. The van der Waals surface area contributed by atoms with Gasteiger partial charge in [0.25, 0.3) is 0 Å². The molecule has 0 fully saturated rings. The summed E-state index contributed by atoms with van der Waals surface area (Å²) in [6, 6.07) is 57.8. The van der Waals surface area contributed by atoms with E-state index in [-0.39, 0.29) is 0 Å². The fraction of sp³-hybridized carbons (Fsp3) is 0. The molecule has 0 saturated heterocycles. The lowest BCUT2D eigenvalue weighted by molar-refractivity contribution is 1.18.